The highest BCUT2D eigenvalue weighted by Crippen LogP contribution is 2.29. The van der Waals surface area contributed by atoms with E-state index in [1.54, 1.807) is 7.05 Å². The summed E-state index contributed by atoms with van der Waals surface area (Å²) in [5.41, 5.74) is 0.576. The van der Waals surface area contributed by atoms with Crippen LogP contribution in [0.4, 0.5) is 5.69 Å². The molecule has 20 heavy (non-hydrogen) atoms. The fourth-order valence-corrected chi connectivity index (χ4v) is 3.15. The molecule has 0 aliphatic rings. The summed E-state index contributed by atoms with van der Waals surface area (Å²) in [6, 6.07) is 5.97. The first-order chi connectivity index (χ1) is 9.13. The molecule has 0 aromatic heterocycles. The van der Waals surface area contributed by atoms with Gasteiger partial charge in [-0.05, 0) is 35.0 Å². The zero-order valence-electron chi connectivity index (χ0n) is 10.2. The van der Waals surface area contributed by atoms with Gasteiger partial charge in [0.1, 0.15) is 20.2 Å². The van der Waals surface area contributed by atoms with Gasteiger partial charge in [0.15, 0.2) is 0 Å². The molecule has 1 N–H and O–H groups in total. The summed E-state index contributed by atoms with van der Waals surface area (Å²) in [7, 11) is -8.16. The van der Waals surface area contributed by atoms with Crippen molar-refractivity contribution in [2.75, 3.05) is 12.4 Å². The largest absolute Gasteiger partial charge is 0.744 e. The molecule has 0 aliphatic carbocycles. The molecule has 0 spiro atoms. The standard InChI is InChI=1S/C11H11NO6S2/c1-12-8-2-3-10-7(4-8)5-9(19(13,14)15)6-11(10)20(16,17)18/h2-6,12H,1H3,(H,13,14,15)(H,16,17,18)/p-2. The number of nitrogens with one attached hydrogen (secondary N) is 1. The van der Waals surface area contributed by atoms with Crippen LogP contribution in [0.2, 0.25) is 0 Å². The van der Waals surface area contributed by atoms with Crippen molar-refractivity contribution in [1.29, 1.82) is 0 Å². The Hall–Kier alpha value is -1.68. The van der Waals surface area contributed by atoms with Crippen molar-refractivity contribution in [2.24, 2.45) is 0 Å². The average Bonchev–Trinajstić information content (AvgIpc) is 2.34. The molecule has 108 valence electrons. The van der Waals surface area contributed by atoms with E-state index in [0.717, 1.165) is 6.07 Å². The normalized spacial score (nSPS) is 12.6. The average molecular weight is 315 g/mol. The first kappa shape index (κ1) is 14.7. The van der Waals surface area contributed by atoms with Gasteiger partial charge in [-0.15, -0.1) is 0 Å². The predicted octanol–water partition coefficient (Wildman–Crippen LogP) is 0.690. The zero-order chi connectivity index (χ0) is 15.1. The van der Waals surface area contributed by atoms with Crippen molar-refractivity contribution in [3.05, 3.63) is 30.3 Å². The highest BCUT2D eigenvalue weighted by Gasteiger charge is 2.13. The lowest BCUT2D eigenvalue weighted by Gasteiger charge is -2.15. The number of hydrogen-bond donors (Lipinski definition) is 1. The maximum Gasteiger partial charge on any atom is 0.125 e. The van der Waals surface area contributed by atoms with Gasteiger partial charge in [0.25, 0.3) is 0 Å². The Balaban J connectivity index is 2.96. The molecule has 0 aliphatic heterocycles. The van der Waals surface area contributed by atoms with Gasteiger partial charge in [-0.2, -0.15) is 0 Å². The molecule has 2 rings (SSSR count). The van der Waals surface area contributed by atoms with E-state index < -0.39 is 30.0 Å². The van der Waals surface area contributed by atoms with Crippen LogP contribution in [0.3, 0.4) is 0 Å². The molecule has 0 bridgehead atoms. The van der Waals surface area contributed by atoms with Gasteiger partial charge in [0.05, 0.1) is 9.79 Å². The minimum atomic E-state index is -4.91. The van der Waals surface area contributed by atoms with Crippen LogP contribution < -0.4 is 5.32 Å². The molecule has 0 fully saturated rings. The zero-order valence-corrected chi connectivity index (χ0v) is 11.8. The lowest BCUT2D eigenvalue weighted by atomic mass is 10.1. The first-order valence-corrected chi connectivity index (χ1v) is 8.12. The summed E-state index contributed by atoms with van der Waals surface area (Å²) in [5, 5.41) is 3.01. The van der Waals surface area contributed by atoms with Crippen LogP contribution in [0.25, 0.3) is 10.8 Å². The third-order valence-corrected chi connectivity index (χ3v) is 4.42. The molecule has 0 saturated heterocycles. The van der Waals surface area contributed by atoms with Gasteiger partial charge in [-0.1, -0.05) is 6.07 Å². The second kappa shape index (κ2) is 4.70. The van der Waals surface area contributed by atoms with Gasteiger partial charge < -0.3 is 14.4 Å². The van der Waals surface area contributed by atoms with Crippen LogP contribution >= 0.6 is 0 Å². The Morgan fingerprint density at radius 2 is 1.60 bits per heavy atom. The minimum absolute atomic E-state index is 0.0615. The van der Waals surface area contributed by atoms with E-state index in [1.807, 2.05) is 0 Å². The van der Waals surface area contributed by atoms with Crippen LogP contribution in [-0.2, 0) is 20.2 Å². The molecule has 0 atom stereocenters. The second-order valence-corrected chi connectivity index (χ2v) is 6.74. The summed E-state index contributed by atoms with van der Waals surface area (Å²) >= 11 is 0. The monoisotopic (exact) mass is 315 g/mol. The van der Waals surface area contributed by atoms with E-state index in [4.69, 9.17) is 0 Å². The number of hydrogen-bond acceptors (Lipinski definition) is 7. The van der Waals surface area contributed by atoms with Crippen molar-refractivity contribution in [2.45, 2.75) is 9.79 Å². The summed E-state index contributed by atoms with van der Waals surface area (Å²) < 4.78 is 66.8. The van der Waals surface area contributed by atoms with Crippen LogP contribution in [0.5, 0.6) is 0 Å². The summed E-state index contributed by atoms with van der Waals surface area (Å²) in [6.07, 6.45) is 0. The van der Waals surface area contributed by atoms with E-state index in [1.165, 1.54) is 18.2 Å². The van der Waals surface area contributed by atoms with Crippen LogP contribution in [-0.4, -0.2) is 33.0 Å². The molecule has 0 unspecified atom stereocenters. The van der Waals surface area contributed by atoms with E-state index in [9.17, 15) is 25.9 Å². The van der Waals surface area contributed by atoms with E-state index in [2.05, 4.69) is 5.32 Å². The molecule has 0 amide bonds. The van der Waals surface area contributed by atoms with Gasteiger partial charge in [-0.25, -0.2) is 16.8 Å². The Bertz CT molecular complexity index is 887. The van der Waals surface area contributed by atoms with E-state index in [-0.39, 0.29) is 10.8 Å². The molecule has 9 heteroatoms. The number of anilines is 1. The number of benzene rings is 2. The minimum Gasteiger partial charge on any atom is -0.744 e. The van der Waals surface area contributed by atoms with E-state index in [0.29, 0.717) is 11.8 Å². The Morgan fingerprint density at radius 3 is 2.10 bits per heavy atom. The van der Waals surface area contributed by atoms with Crippen molar-refractivity contribution in [3.8, 4) is 0 Å². The Labute approximate surface area is 115 Å². The van der Waals surface area contributed by atoms with Gasteiger partial charge in [0, 0.05) is 12.7 Å². The molecular formula is C11H9NO6S2-2. The van der Waals surface area contributed by atoms with Crippen molar-refractivity contribution in [3.63, 3.8) is 0 Å². The lowest BCUT2D eigenvalue weighted by molar-refractivity contribution is 0.462. The second-order valence-electron chi connectivity index (χ2n) is 4.02. The van der Waals surface area contributed by atoms with E-state index >= 15 is 0 Å². The molecule has 7 nitrogen and oxygen atoms in total. The van der Waals surface area contributed by atoms with Gasteiger partial charge >= 0.3 is 0 Å². The van der Waals surface area contributed by atoms with Crippen molar-refractivity contribution in [1.82, 2.24) is 0 Å². The maximum atomic E-state index is 11.2. The third kappa shape index (κ3) is 2.75. The Kier molecular flexibility index (Phi) is 3.46. The molecule has 2 aromatic carbocycles. The number of fused-ring (bicyclic) bond motifs is 1. The van der Waals surface area contributed by atoms with Gasteiger partial charge in [-0.3, -0.25) is 0 Å². The fraction of sp³-hybridized carbons (Fsp3) is 0.0909. The molecule has 2 aromatic rings. The summed E-state index contributed by atoms with van der Waals surface area (Å²) in [4.78, 5) is -1.49. The highest BCUT2D eigenvalue weighted by atomic mass is 32.2. The lowest BCUT2D eigenvalue weighted by Crippen LogP contribution is -2.05. The fourth-order valence-electron chi connectivity index (χ4n) is 1.82. The van der Waals surface area contributed by atoms with Crippen LogP contribution in [0.1, 0.15) is 0 Å². The SMILES string of the molecule is CNc1ccc2c(S(=O)(=O)[O-])cc(S(=O)(=O)[O-])cc2c1. The Morgan fingerprint density at radius 1 is 0.950 bits per heavy atom. The van der Waals surface area contributed by atoms with Crippen LogP contribution in [0.15, 0.2) is 40.1 Å². The third-order valence-electron chi connectivity index (χ3n) is 2.73. The molecule has 0 saturated carbocycles. The number of rotatable bonds is 3. The summed E-state index contributed by atoms with van der Waals surface area (Å²) in [6.45, 7) is 0. The molecular weight excluding hydrogens is 306 g/mol. The molecule has 0 heterocycles. The highest BCUT2D eigenvalue weighted by molar-refractivity contribution is 7.86. The summed E-state index contributed by atoms with van der Waals surface area (Å²) in [5.74, 6) is 0. The van der Waals surface area contributed by atoms with Crippen LogP contribution in [0, 0.1) is 0 Å². The molecule has 0 radical (unpaired) electrons. The maximum absolute atomic E-state index is 11.2. The smallest absolute Gasteiger partial charge is 0.125 e. The van der Waals surface area contributed by atoms with Gasteiger partial charge in [0.2, 0.25) is 0 Å². The van der Waals surface area contributed by atoms with Crippen molar-refractivity contribution < 1.29 is 25.9 Å². The predicted molar refractivity (Wildman–Crippen MR) is 69.4 cm³/mol. The topological polar surface area (TPSA) is 126 Å². The first-order valence-electron chi connectivity index (χ1n) is 5.30. The van der Waals surface area contributed by atoms with Crippen molar-refractivity contribution >= 4 is 36.7 Å². The quantitative estimate of drug-likeness (QED) is 0.825.